The maximum atomic E-state index is 13.4. The van der Waals surface area contributed by atoms with E-state index in [9.17, 15) is 29.4 Å². The van der Waals surface area contributed by atoms with E-state index in [1.165, 1.54) is 24.3 Å². The Labute approximate surface area is 296 Å². The van der Waals surface area contributed by atoms with Crippen molar-refractivity contribution in [2.24, 2.45) is 10.8 Å². The highest BCUT2D eigenvalue weighted by molar-refractivity contribution is 7.99. The predicted molar refractivity (Wildman–Crippen MR) is 185 cm³/mol. The van der Waals surface area contributed by atoms with Crippen LogP contribution in [0.2, 0.25) is 0 Å². The number of nitrogens with zero attached hydrogens (tertiary/aromatic N) is 4. The van der Waals surface area contributed by atoms with E-state index in [-0.39, 0.29) is 31.9 Å². The minimum Gasteiger partial charge on any atom is -0.449 e. The number of nitrogens with two attached hydrogens (primary N) is 1. The summed E-state index contributed by atoms with van der Waals surface area (Å²) in [6.45, 7) is -0.785. The number of primary amides is 1. The van der Waals surface area contributed by atoms with E-state index in [0.717, 1.165) is 22.3 Å². The standard InChI is InChI=1S/C33H39N9O8S/c34-26(43)10-5-11-51-32-28(30(46)29(45)25(50-32)14-39-42-35)41-27(44)15-37-31(47)24(12-18-13-36-17-38-18)40-33(48)49-16-23-21-8-3-1-6-19(21)20-7-2-4-9-22(20)23/h1-4,6-9,13,17,23-25,28-30,32,45-46H,5,10-12,14-16H2,(H2,34,43)(H,36,38)(H,37,47)(H,40,48)(H,41,44)/t24-,25+,28+,29-,30+,32+/m0/s1. The second-order valence-electron chi connectivity index (χ2n) is 12.0. The number of ether oxygens (including phenoxy) is 2. The lowest BCUT2D eigenvalue weighted by Gasteiger charge is -2.42. The quantitative estimate of drug-likeness (QED) is 0.0481. The van der Waals surface area contributed by atoms with Gasteiger partial charge in [0.25, 0.3) is 0 Å². The molecular weight excluding hydrogens is 682 g/mol. The molecule has 1 aliphatic carbocycles. The van der Waals surface area contributed by atoms with Crippen LogP contribution in [-0.2, 0) is 30.3 Å². The second-order valence-corrected chi connectivity index (χ2v) is 13.2. The van der Waals surface area contributed by atoms with Crippen LogP contribution in [0.4, 0.5) is 4.79 Å². The van der Waals surface area contributed by atoms with Crippen molar-refractivity contribution in [1.82, 2.24) is 25.9 Å². The number of azide groups is 1. The number of alkyl carbamates (subject to hydrolysis) is 1. The second kappa shape index (κ2) is 17.7. The highest BCUT2D eigenvalue weighted by atomic mass is 32.2. The van der Waals surface area contributed by atoms with Gasteiger partial charge in [0.05, 0.1) is 31.6 Å². The third-order valence-corrected chi connectivity index (χ3v) is 9.81. The molecule has 1 aliphatic heterocycles. The maximum absolute atomic E-state index is 13.4. The van der Waals surface area contributed by atoms with Crippen LogP contribution in [-0.4, -0.2) is 105 Å². The summed E-state index contributed by atoms with van der Waals surface area (Å²) in [4.78, 5) is 60.1. The number of amides is 4. The van der Waals surface area contributed by atoms with Crippen molar-refractivity contribution in [3.05, 3.63) is 88.3 Å². The Morgan fingerprint density at radius 2 is 1.80 bits per heavy atom. The highest BCUT2D eigenvalue weighted by Gasteiger charge is 2.45. The number of rotatable bonds is 16. The van der Waals surface area contributed by atoms with Crippen molar-refractivity contribution in [2.75, 3.05) is 25.4 Å². The van der Waals surface area contributed by atoms with E-state index >= 15 is 0 Å². The number of benzene rings is 2. The number of hydrogen-bond donors (Lipinski definition) is 7. The SMILES string of the molecule is [N-]=[N+]=NC[C@H]1O[C@H](SCCCC(N)=O)[C@H](NC(=O)CNC(=O)[C@H](Cc2cnc[nH]2)NC(=O)OCC2c3ccccc3-c3ccccc32)[C@@H](O)[C@H]1O. The first-order valence-corrected chi connectivity index (χ1v) is 17.3. The topological polar surface area (TPSA) is 267 Å². The van der Waals surface area contributed by atoms with Gasteiger partial charge < -0.3 is 46.4 Å². The number of thioether (sulfide) groups is 1. The molecule has 1 saturated heterocycles. The molecule has 270 valence electrons. The van der Waals surface area contributed by atoms with E-state index in [2.05, 4.69) is 35.9 Å². The number of hydrogen-bond acceptors (Lipinski definition) is 11. The van der Waals surface area contributed by atoms with E-state index in [0.29, 0.717) is 17.9 Å². The van der Waals surface area contributed by atoms with Crippen LogP contribution in [0.5, 0.6) is 0 Å². The monoisotopic (exact) mass is 721 g/mol. The Balaban J connectivity index is 1.19. The average Bonchev–Trinajstić information content (AvgIpc) is 3.76. The lowest BCUT2D eigenvalue weighted by Crippen LogP contribution is -2.64. The molecule has 5 rings (SSSR count). The zero-order valence-electron chi connectivity index (χ0n) is 27.4. The van der Waals surface area contributed by atoms with Gasteiger partial charge in [0.1, 0.15) is 30.3 Å². The van der Waals surface area contributed by atoms with Gasteiger partial charge in [-0.15, -0.1) is 11.8 Å². The zero-order valence-corrected chi connectivity index (χ0v) is 28.2. The molecule has 4 amide bonds. The molecule has 2 aliphatic rings. The first kappa shape index (κ1) is 37.1. The summed E-state index contributed by atoms with van der Waals surface area (Å²) in [6.07, 6.45) is -1.46. The molecule has 3 aromatic rings. The smallest absolute Gasteiger partial charge is 0.407 e. The summed E-state index contributed by atoms with van der Waals surface area (Å²) in [5, 5.41) is 32.6. The van der Waals surface area contributed by atoms with Crippen LogP contribution in [0.1, 0.15) is 35.6 Å². The molecule has 18 heteroatoms. The van der Waals surface area contributed by atoms with E-state index in [4.69, 9.17) is 20.7 Å². The summed E-state index contributed by atoms with van der Waals surface area (Å²) in [6, 6.07) is 13.5. The van der Waals surface area contributed by atoms with Crippen LogP contribution < -0.4 is 21.7 Å². The normalized spacial score (nSPS) is 21.3. The predicted octanol–water partition coefficient (Wildman–Crippen LogP) is 1.22. The number of imidazole rings is 1. The Hall–Kier alpha value is -5.13. The summed E-state index contributed by atoms with van der Waals surface area (Å²) in [5.74, 6) is -1.73. The van der Waals surface area contributed by atoms with Crippen LogP contribution in [0.15, 0.2) is 66.2 Å². The Morgan fingerprint density at radius 3 is 2.45 bits per heavy atom. The maximum Gasteiger partial charge on any atom is 0.407 e. The number of fused-ring (bicyclic) bond motifs is 3. The third kappa shape index (κ3) is 9.56. The van der Waals surface area contributed by atoms with Gasteiger partial charge in [0.15, 0.2) is 0 Å². The molecule has 0 spiro atoms. The number of H-pyrrole nitrogens is 1. The first-order chi connectivity index (χ1) is 24.7. The van der Waals surface area contributed by atoms with Gasteiger partial charge in [-0.3, -0.25) is 14.4 Å². The van der Waals surface area contributed by atoms with Gasteiger partial charge in [-0.1, -0.05) is 53.6 Å². The molecule has 0 bridgehead atoms. The van der Waals surface area contributed by atoms with Crippen molar-refractivity contribution >= 4 is 35.6 Å². The minimum atomic E-state index is -1.52. The van der Waals surface area contributed by atoms with Gasteiger partial charge in [0, 0.05) is 35.6 Å². The minimum absolute atomic E-state index is 0.00953. The van der Waals surface area contributed by atoms with Gasteiger partial charge in [0.2, 0.25) is 17.7 Å². The van der Waals surface area contributed by atoms with Crippen LogP contribution in [0, 0.1) is 0 Å². The molecule has 1 fully saturated rings. The zero-order chi connectivity index (χ0) is 36.3. The van der Waals surface area contributed by atoms with Crippen LogP contribution >= 0.6 is 11.8 Å². The van der Waals surface area contributed by atoms with Crippen molar-refractivity contribution in [2.45, 2.75) is 61.0 Å². The lowest BCUT2D eigenvalue weighted by molar-refractivity contribution is -0.160. The fourth-order valence-electron chi connectivity index (χ4n) is 6.08. The summed E-state index contributed by atoms with van der Waals surface area (Å²) in [5.41, 5.74) is 17.7. The van der Waals surface area contributed by atoms with Crippen molar-refractivity contribution in [3.8, 4) is 11.1 Å². The molecule has 0 unspecified atom stereocenters. The molecule has 0 radical (unpaired) electrons. The molecular formula is C33H39N9O8S. The summed E-state index contributed by atoms with van der Waals surface area (Å²) in [7, 11) is 0. The number of nitrogens with one attached hydrogen (secondary N) is 4. The number of aliphatic hydroxyl groups is 2. The number of carbonyl (C=O) groups excluding carboxylic acids is 4. The summed E-state index contributed by atoms with van der Waals surface area (Å²) < 4.78 is 11.5. The average molecular weight is 722 g/mol. The molecule has 17 nitrogen and oxygen atoms in total. The molecule has 0 saturated carbocycles. The van der Waals surface area contributed by atoms with Crippen LogP contribution in [0.3, 0.4) is 0 Å². The molecule has 6 atom stereocenters. The van der Waals surface area contributed by atoms with Gasteiger partial charge in [-0.2, -0.15) is 0 Å². The van der Waals surface area contributed by atoms with Crippen molar-refractivity contribution in [3.63, 3.8) is 0 Å². The number of aliphatic hydroxyl groups excluding tert-OH is 2. The van der Waals surface area contributed by atoms with Crippen LogP contribution in [0.25, 0.3) is 21.6 Å². The Kier molecular flexibility index (Phi) is 12.9. The van der Waals surface area contributed by atoms with Gasteiger partial charge >= 0.3 is 6.09 Å². The molecule has 2 aromatic carbocycles. The third-order valence-electron chi connectivity index (χ3n) is 8.56. The van der Waals surface area contributed by atoms with E-state index < -0.39 is 66.2 Å². The largest absolute Gasteiger partial charge is 0.449 e. The lowest BCUT2D eigenvalue weighted by atomic mass is 9.97. The highest BCUT2D eigenvalue weighted by Crippen LogP contribution is 2.44. The number of carbonyl (C=O) groups is 4. The Bertz CT molecular complexity index is 1690. The molecule has 2 heterocycles. The van der Waals surface area contributed by atoms with Gasteiger partial charge in [-0.25, -0.2) is 9.78 Å². The summed E-state index contributed by atoms with van der Waals surface area (Å²) >= 11 is 1.17. The Morgan fingerprint density at radius 1 is 1.10 bits per heavy atom. The number of aromatic nitrogens is 2. The van der Waals surface area contributed by atoms with Crippen molar-refractivity contribution in [1.29, 1.82) is 0 Å². The van der Waals surface area contributed by atoms with E-state index in [1.54, 1.807) is 0 Å². The molecule has 1 aromatic heterocycles. The number of aromatic amines is 1. The first-order valence-electron chi connectivity index (χ1n) is 16.2. The van der Waals surface area contributed by atoms with E-state index in [1.807, 2.05) is 48.5 Å². The fraction of sp³-hybridized carbons (Fsp3) is 0.424. The molecule has 51 heavy (non-hydrogen) atoms. The fourth-order valence-corrected chi connectivity index (χ4v) is 7.28. The van der Waals surface area contributed by atoms with Crippen molar-refractivity contribution < 1.29 is 38.9 Å². The van der Waals surface area contributed by atoms with Gasteiger partial charge in [-0.05, 0) is 40.0 Å². The molecule has 8 N–H and O–H groups in total.